The first-order chi connectivity index (χ1) is 15.1. The van der Waals surface area contributed by atoms with Crippen LogP contribution in [0.1, 0.15) is 93.9 Å². The van der Waals surface area contributed by atoms with Gasteiger partial charge in [0.1, 0.15) is 0 Å². The van der Waals surface area contributed by atoms with E-state index in [4.69, 9.17) is 18.6 Å². The Morgan fingerprint density at radius 3 is 2.36 bits per heavy atom. The minimum Gasteiger partial charge on any atom is -0.413 e. The molecular weight excluding hydrogens is 432 g/mol. The molecule has 5 nitrogen and oxygen atoms in total. The molecule has 0 bridgehead atoms. The van der Waals surface area contributed by atoms with Crippen molar-refractivity contribution in [1.82, 2.24) is 0 Å². The Hall–Kier alpha value is -0.243. The van der Waals surface area contributed by atoms with Crippen molar-refractivity contribution in [2.45, 2.75) is 142 Å². The summed E-state index contributed by atoms with van der Waals surface area (Å²) in [5.41, 5.74) is 1.15. The van der Waals surface area contributed by atoms with Crippen LogP contribution >= 0.6 is 0 Å². The summed E-state index contributed by atoms with van der Waals surface area (Å²) in [6, 6.07) is 0. The van der Waals surface area contributed by atoms with Gasteiger partial charge in [0.2, 0.25) is 0 Å². The third kappa shape index (κ3) is 8.15. The van der Waals surface area contributed by atoms with Crippen molar-refractivity contribution < 1.29 is 23.7 Å². The molecule has 33 heavy (non-hydrogen) atoms. The molecule has 0 aromatic rings. The second-order valence-corrected chi connectivity index (χ2v) is 17.2. The SMILES string of the molecule is CCC[C@]1(C)C[C@@H](O)[C@H](CC/C(C)=C/[C@@H](C)[C@H](CC2(C)OCCO2)O[Si](C)(C)C(C)(C)C)O1. The molecule has 0 spiro atoms. The highest BCUT2D eigenvalue weighted by molar-refractivity contribution is 6.74. The van der Waals surface area contributed by atoms with Crippen molar-refractivity contribution in [2.24, 2.45) is 5.92 Å². The summed E-state index contributed by atoms with van der Waals surface area (Å²) in [6.45, 7) is 23.6. The molecule has 2 aliphatic rings. The lowest BCUT2D eigenvalue weighted by molar-refractivity contribution is -0.163. The predicted molar refractivity (Wildman–Crippen MR) is 138 cm³/mol. The first-order valence-corrected chi connectivity index (χ1v) is 16.0. The molecule has 2 aliphatic heterocycles. The van der Waals surface area contributed by atoms with Gasteiger partial charge < -0.3 is 23.7 Å². The third-order valence-corrected chi connectivity index (χ3v) is 12.5. The zero-order valence-electron chi connectivity index (χ0n) is 23.1. The van der Waals surface area contributed by atoms with Gasteiger partial charge in [-0.05, 0) is 64.1 Å². The van der Waals surface area contributed by atoms with E-state index in [0.29, 0.717) is 13.2 Å². The minimum atomic E-state index is -1.95. The second-order valence-electron chi connectivity index (χ2n) is 12.5. The average molecular weight is 485 g/mol. The molecule has 0 saturated carbocycles. The number of allylic oxidation sites excluding steroid dienone is 1. The van der Waals surface area contributed by atoms with Gasteiger partial charge in [-0.15, -0.1) is 0 Å². The van der Waals surface area contributed by atoms with Gasteiger partial charge in [-0.2, -0.15) is 0 Å². The lowest BCUT2D eigenvalue weighted by atomic mass is 9.93. The molecule has 0 unspecified atom stereocenters. The summed E-state index contributed by atoms with van der Waals surface area (Å²) in [7, 11) is -1.95. The Kier molecular flexibility index (Phi) is 9.85. The minimum absolute atomic E-state index is 0.0325. The van der Waals surface area contributed by atoms with Crippen molar-refractivity contribution in [2.75, 3.05) is 13.2 Å². The smallest absolute Gasteiger partial charge is 0.192 e. The van der Waals surface area contributed by atoms with E-state index in [1.807, 2.05) is 6.92 Å². The van der Waals surface area contributed by atoms with Gasteiger partial charge in [0.15, 0.2) is 14.1 Å². The summed E-state index contributed by atoms with van der Waals surface area (Å²) in [5.74, 6) is -0.335. The Labute approximate surface area is 204 Å². The van der Waals surface area contributed by atoms with Gasteiger partial charge in [-0.1, -0.05) is 52.7 Å². The summed E-state index contributed by atoms with van der Waals surface area (Å²) in [4.78, 5) is 0. The molecule has 2 fully saturated rings. The topological polar surface area (TPSA) is 57.2 Å². The molecule has 0 aliphatic carbocycles. The van der Waals surface area contributed by atoms with Crippen molar-refractivity contribution in [3.8, 4) is 0 Å². The largest absolute Gasteiger partial charge is 0.413 e. The van der Waals surface area contributed by atoms with Gasteiger partial charge in [-0.25, -0.2) is 0 Å². The summed E-state index contributed by atoms with van der Waals surface area (Å²) in [5, 5.41) is 10.7. The first kappa shape index (κ1) is 29.0. The number of hydrogen-bond acceptors (Lipinski definition) is 5. The number of aliphatic hydroxyl groups is 1. The van der Waals surface area contributed by atoms with E-state index in [0.717, 1.165) is 38.5 Å². The Balaban J connectivity index is 2.05. The fraction of sp³-hybridized carbons (Fsp3) is 0.926. The standard InChI is InChI=1S/C27H52O5Si/c1-11-14-26(7)18-22(28)23(31-26)13-12-20(2)17-21(3)24(19-27(8)29-15-16-30-27)32-33(9,10)25(4,5)6/h17,21-24,28H,11-16,18-19H2,1-10H3/b20-17+/t21-,22-,23+,24+,26-/m1/s1. The zero-order valence-corrected chi connectivity index (χ0v) is 24.1. The molecule has 2 rings (SSSR count). The Morgan fingerprint density at radius 1 is 1.21 bits per heavy atom. The van der Waals surface area contributed by atoms with E-state index in [9.17, 15) is 5.11 Å². The van der Waals surface area contributed by atoms with Crippen LogP contribution in [-0.4, -0.2) is 56.3 Å². The molecule has 6 heteroatoms. The lowest BCUT2D eigenvalue weighted by Crippen LogP contribution is -2.47. The molecule has 2 saturated heterocycles. The highest BCUT2D eigenvalue weighted by Gasteiger charge is 2.44. The van der Waals surface area contributed by atoms with Crippen molar-refractivity contribution in [3.05, 3.63) is 11.6 Å². The molecule has 0 radical (unpaired) electrons. The van der Waals surface area contributed by atoms with Gasteiger partial charge in [-0.3, -0.25) is 0 Å². The van der Waals surface area contributed by atoms with Crippen LogP contribution in [0.25, 0.3) is 0 Å². The van der Waals surface area contributed by atoms with E-state index in [2.05, 4.69) is 67.6 Å². The molecule has 1 N–H and O–H groups in total. The van der Waals surface area contributed by atoms with Crippen LogP contribution in [0.15, 0.2) is 11.6 Å². The zero-order chi connectivity index (χ0) is 25.1. The molecule has 194 valence electrons. The first-order valence-electron chi connectivity index (χ1n) is 13.1. The second kappa shape index (κ2) is 11.2. The van der Waals surface area contributed by atoms with Crippen LogP contribution in [0.5, 0.6) is 0 Å². The van der Waals surface area contributed by atoms with Gasteiger partial charge in [0.25, 0.3) is 0 Å². The molecule has 0 aromatic carbocycles. The molecule has 2 heterocycles. The predicted octanol–water partition coefficient (Wildman–Crippen LogP) is 6.60. The lowest BCUT2D eigenvalue weighted by Gasteiger charge is -2.42. The van der Waals surface area contributed by atoms with Crippen molar-refractivity contribution >= 4 is 8.32 Å². The van der Waals surface area contributed by atoms with Crippen LogP contribution in [0.4, 0.5) is 0 Å². The fourth-order valence-electron chi connectivity index (χ4n) is 4.95. The van der Waals surface area contributed by atoms with Crippen LogP contribution in [0.2, 0.25) is 18.1 Å². The van der Waals surface area contributed by atoms with E-state index in [1.54, 1.807) is 0 Å². The Morgan fingerprint density at radius 2 is 1.82 bits per heavy atom. The monoisotopic (exact) mass is 484 g/mol. The maximum absolute atomic E-state index is 10.5. The fourth-order valence-corrected chi connectivity index (χ4v) is 6.36. The van der Waals surface area contributed by atoms with E-state index >= 15 is 0 Å². The van der Waals surface area contributed by atoms with Gasteiger partial charge in [0.05, 0.1) is 37.1 Å². The van der Waals surface area contributed by atoms with Crippen LogP contribution in [-0.2, 0) is 18.6 Å². The van der Waals surface area contributed by atoms with Gasteiger partial charge in [0, 0.05) is 12.8 Å². The van der Waals surface area contributed by atoms with E-state index in [-0.39, 0.29) is 34.9 Å². The van der Waals surface area contributed by atoms with Crippen molar-refractivity contribution in [1.29, 1.82) is 0 Å². The number of aliphatic hydroxyl groups excluding tert-OH is 1. The molecule has 0 aromatic heterocycles. The summed E-state index contributed by atoms with van der Waals surface area (Å²) >= 11 is 0. The van der Waals surface area contributed by atoms with Crippen LogP contribution in [0.3, 0.4) is 0 Å². The highest BCUT2D eigenvalue weighted by atomic mass is 28.4. The maximum Gasteiger partial charge on any atom is 0.192 e. The molecule has 5 atom stereocenters. The number of ether oxygens (including phenoxy) is 3. The summed E-state index contributed by atoms with van der Waals surface area (Å²) in [6.07, 6.45) is 7.27. The summed E-state index contributed by atoms with van der Waals surface area (Å²) < 4.78 is 25.1. The van der Waals surface area contributed by atoms with Crippen LogP contribution in [0, 0.1) is 5.92 Å². The average Bonchev–Trinajstić information content (AvgIpc) is 3.21. The number of hydrogen-bond donors (Lipinski definition) is 1. The number of rotatable bonds is 11. The molecule has 0 amide bonds. The van der Waals surface area contributed by atoms with E-state index < -0.39 is 14.1 Å². The van der Waals surface area contributed by atoms with E-state index in [1.165, 1.54) is 5.57 Å². The third-order valence-electron chi connectivity index (χ3n) is 7.96. The highest BCUT2D eigenvalue weighted by Crippen LogP contribution is 2.41. The van der Waals surface area contributed by atoms with Gasteiger partial charge >= 0.3 is 0 Å². The van der Waals surface area contributed by atoms with Crippen LogP contribution < -0.4 is 0 Å². The molecular formula is C27H52O5Si. The maximum atomic E-state index is 10.5. The Bertz CT molecular complexity index is 649. The normalized spacial score (nSPS) is 30.6. The van der Waals surface area contributed by atoms with Crippen molar-refractivity contribution in [3.63, 3.8) is 0 Å². The quantitative estimate of drug-likeness (QED) is 0.264.